The molecule has 6 aromatic rings. The maximum absolute atomic E-state index is 4.96. The maximum atomic E-state index is 4.96. The average molecular weight is 580 g/mol. The molecular formula is C42H33N3. The van der Waals surface area contributed by atoms with Gasteiger partial charge in [0.2, 0.25) is 0 Å². The molecule has 0 amide bonds. The van der Waals surface area contributed by atoms with Crippen molar-refractivity contribution in [2.24, 2.45) is 0 Å². The van der Waals surface area contributed by atoms with Gasteiger partial charge in [0.15, 0.2) is 17.5 Å². The van der Waals surface area contributed by atoms with Crippen molar-refractivity contribution in [3.63, 3.8) is 0 Å². The van der Waals surface area contributed by atoms with Gasteiger partial charge in [-0.25, -0.2) is 15.0 Å². The van der Waals surface area contributed by atoms with Gasteiger partial charge >= 0.3 is 0 Å². The summed E-state index contributed by atoms with van der Waals surface area (Å²) in [6, 6.07) is 44.8. The summed E-state index contributed by atoms with van der Waals surface area (Å²) in [5.41, 5.74) is 12.2. The molecule has 0 aliphatic heterocycles. The van der Waals surface area contributed by atoms with Crippen molar-refractivity contribution in [2.75, 3.05) is 0 Å². The summed E-state index contributed by atoms with van der Waals surface area (Å²) in [4.78, 5) is 14.8. The molecule has 0 bridgehead atoms. The lowest BCUT2D eigenvalue weighted by Gasteiger charge is -2.23. The van der Waals surface area contributed by atoms with Crippen LogP contribution in [0.2, 0.25) is 0 Å². The van der Waals surface area contributed by atoms with Gasteiger partial charge in [-0.3, -0.25) is 0 Å². The minimum absolute atomic E-state index is 0.0175. The van der Waals surface area contributed by atoms with Crippen LogP contribution in [0.3, 0.4) is 0 Å². The quantitative estimate of drug-likeness (QED) is 0.204. The van der Waals surface area contributed by atoms with E-state index in [9.17, 15) is 0 Å². The van der Waals surface area contributed by atoms with Crippen molar-refractivity contribution in [3.05, 3.63) is 168 Å². The molecule has 8 rings (SSSR count). The van der Waals surface area contributed by atoms with Gasteiger partial charge in [-0.15, -0.1) is 0 Å². The molecule has 5 aromatic carbocycles. The Balaban J connectivity index is 1.15. The molecule has 45 heavy (non-hydrogen) atoms. The predicted molar refractivity (Wildman–Crippen MR) is 185 cm³/mol. The Bertz CT molecular complexity index is 2050. The number of nitrogens with zero attached hydrogens (tertiary/aromatic N) is 3. The smallest absolute Gasteiger partial charge is 0.164 e. The van der Waals surface area contributed by atoms with Gasteiger partial charge in [-0.1, -0.05) is 147 Å². The lowest BCUT2D eigenvalue weighted by atomic mass is 9.81. The third-order valence-electron chi connectivity index (χ3n) is 9.26. The highest BCUT2D eigenvalue weighted by Gasteiger charge is 2.35. The zero-order valence-electron chi connectivity index (χ0n) is 25.5. The van der Waals surface area contributed by atoms with Crippen molar-refractivity contribution in [1.29, 1.82) is 0 Å². The SMILES string of the molecule is CC1(C)c2ccccc2-c2ccc(C3=CC(c4cccc(-c5nc(-c6ccccc6)nc(-c6ccccc6)n5)c4)CC=C3)cc21. The predicted octanol–water partition coefficient (Wildman–Crippen LogP) is 10.3. The summed E-state index contributed by atoms with van der Waals surface area (Å²) in [6.07, 6.45) is 7.97. The number of aromatic nitrogens is 3. The van der Waals surface area contributed by atoms with Gasteiger partial charge in [-0.05, 0) is 57.5 Å². The molecule has 1 heterocycles. The summed E-state index contributed by atoms with van der Waals surface area (Å²) >= 11 is 0. The summed E-state index contributed by atoms with van der Waals surface area (Å²) < 4.78 is 0. The fourth-order valence-corrected chi connectivity index (χ4v) is 6.84. The van der Waals surface area contributed by atoms with Crippen molar-refractivity contribution in [1.82, 2.24) is 15.0 Å². The van der Waals surface area contributed by atoms with Crippen LogP contribution in [0.15, 0.2) is 146 Å². The minimum Gasteiger partial charge on any atom is -0.208 e. The highest BCUT2D eigenvalue weighted by molar-refractivity contribution is 5.85. The van der Waals surface area contributed by atoms with Gasteiger partial charge < -0.3 is 0 Å². The van der Waals surface area contributed by atoms with E-state index in [1.807, 2.05) is 60.7 Å². The summed E-state index contributed by atoms with van der Waals surface area (Å²) in [5.74, 6) is 2.29. The second kappa shape index (κ2) is 10.9. The van der Waals surface area contributed by atoms with E-state index in [0.29, 0.717) is 17.5 Å². The molecule has 1 aromatic heterocycles. The Labute approximate surface area is 264 Å². The van der Waals surface area contributed by atoms with Crippen LogP contribution in [0.1, 0.15) is 48.4 Å². The number of fused-ring (bicyclic) bond motifs is 3. The van der Waals surface area contributed by atoms with Crippen LogP contribution in [0.4, 0.5) is 0 Å². The molecule has 0 fully saturated rings. The zero-order chi connectivity index (χ0) is 30.4. The second-order valence-corrected chi connectivity index (χ2v) is 12.5. The normalized spacial score (nSPS) is 16.1. The van der Waals surface area contributed by atoms with Crippen molar-refractivity contribution >= 4 is 5.57 Å². The Morgan fingerprint density at radius 1 is 0.533 bits per heavy atom. The van der Waals surface area contributed by atoms with Crippen LogP contribution in [0.5, 0.6) is 0 Å². The number of allylic oxidation sites excluding steroid dienone is 4. The maximum Gasteiger partial charge on any atom is 0.164 e. The molecule has 3 heteroatoms. The van der Waals surface area contributed by atoms with Gasteiger partial charge in [0, 0.05) is 28.0 Å². The molecule has 0 saturated carbocycles. The van der Waals surface area contributed by atoms with Crippen molar-refractivity contribution in [3.8, 4) is 45.3 Å². The van der Waals surface area contributed by atoms with E-state index in [-0.39, 0.29) is 11.3 Å². The molecule has 1 atom stereocenters. The van der Waals surface area contributed by atoms with Gasteiger partial charge in [-0.2, -0.15) is 0 Å². The van der Waals surface area contributed by atoms with E-state index in [4.69, 9.17) is 15.0 Å². The standard InChI is InChI=1S/C42H33N3/c1-42(2)37-22-10-9-21-35(37)36-24-23-33(27-38(36)42)31-18-11-17-30(25-31)32-19-12-20-34(26-32)41-44-39(28-13-5-3-6-14-28)43-40(45-41)29-15-7-4-8-16-29/h3-16,18-27,30H,17H2,1-2H3. The summed E-state index contributed by atoms with van der Waals surface area (Å²) in [6.45, 7) is 4.68. The third kappa shape index (κ3) is 4.91. The number of hydrogen-bond donors (Lipinski definition) is 0. The van der Waals surface area contributed by atoms with E-state index < -0.39 is 0 Å². The number of hydrogen-bond acceptors (Lipinski definition) is 3. The van der Waals surface area contributed by atoms with E-state index in [0.717, 1.165) is 23.1 Å². The van der Waals surface area contributed by atoms with Crippen LogP contribution in [0.25, 0.3) is 50.9 Å². The largest absolute Gasteiger partial charge is 0.208 e. The highest BCUT2D eigenvalue weighted by Crippen LogP contribution is 2.49. The molecule has 216 valence electrons. The number of benzene rings is 5. The second-order valence-electron chi connectivity index (χ2n) is 12.5. The molecule has 3 nitrogen and oxygen atoms in total. The first-order valence-electron chi connectivity index (χ1n) is 15.6. The highest BCUT2D eigenvalue weighted by atomic mass is 15.0. The number of rotatable bonds is 5. The Morgan fingerprint density at radius 2 is 1.13 bits per heavy atom. The first kappa shape index (κ1) is 27.2. The Morgan fingerprint density at radius 3 is 1.84 bits per heavy atom. The molecule has 2 aliphatic rings. The monoisotopic (exact) mass is 579 g/mol. The van der Waals surface area contributed by atoms with E-state index in [2.05, 4.69) is 98.8 Å². The van der Waals surface area contributed by atoms with Crippen LogP contribution in [0, 0.1) is 0 Å². The lowest BCUT2D eigenvalue weighted by molar-refractivity contribution is 0.660. The molecule has 0 radical (unpaired) electrons. The van der Waals surface area contributed by atoms with E-state index in [1.165, 1.54) is 39.0 Å². The first-order valence-corrected chi connectivity index (χ1v) is 15.6. The van der Waals surface area contributed by atoms with Crippen LogP contribution in [-0.2, 0) is 5.41 Å². The third-order valence-corrected chi connectivity index (χ3v) is 9.26. The van der Waals surface area contributed by atoms with Crippen LogP contribution in [-0.4, -0.2) is 15.0 Å². The molecule has 2 aliphatic carbocycles. The summed E-state index contributed by atoms with van der Waals surface area (Å²) in [5, 5.41) is 0. The molecule has 0 saturated heterocycles. The van der Waals surface area contributed by atoms with E-state index in [1.54, 1.807) is 0 Å². The minimum atomic E-state index is -0.0175. The lowest BCUT2D eigenvalue weighted by Crippen LogP contribution is -2.15. The van der Waals surface area contributed by atoms with Crippen molar-refractivity contribution < 1.29 is 0 Å². The molecule has 1 unspecified atom stereocenters. The first-order chi connectivity index (χ1) is 22.0. The summed E-state index contributed by atoms with van der Waals surface area (Å²) in [7, 11) is 0. The Hall–Kier alpha value is -5.41. The zero-order valence-corrected chi connectivity index (χ0v) is 25.5. The van der Waals surface area contributed by atoms with Gasteiger partial charge in [0.25, 0.3) is 0 Å². The Kier molecular flexibility index (Phi) is 6.60. The molecular weight excluding hydrogens is 546 g/mol. The topological polar surface area (TPSA) is 38.7 Å². The van der Waals surface area contributed by atoms with E-state index >= 15 is 0 Å². The van der Waals surface area contributed by atoms with Crippen LogP contribution < -0.4 is 0 Å². The van der Waals surface area contributed by atoms with Gasteiger partial charge in [0.05, 0.1) is 0 Å². The van der Waals surface area contributed by atoms with Crippen LogP contribution >= 0.6 is 0 Å². The molecule has 0 spiro atoms. The fraction of sp³-hybridized carbons (Fsp3) is 0.119. The molecule has 0 N–H and O–H groups in total. The average Bonchev–Trinajstić information content (AvgIpc) is 3.34. The van der Waals surface area contributed by atoms with Gasteiger partial charge in [0.1, 0.15) is 0 Å². The fourth-order valence-electron chi connectivity index (χ4n) is 6.84. The van der Waals surface area contributed by atoms with Crippen molar-refractivity contribution in [2.45, 2.75) is 31.6 Å².